The van der Waals surface area contributed by atoms with Crippen LogP contribution in [0.25, 0.3) is 0 Å². The van der Waals surface area contributed by atoms with E-state index in [-0.39, 0.29) is 24.6 Å². The first-order valence-electron chi connectivity index (χ1n) is 9.21. The van der Waals surface area contributed by atoms with Crippen molar-refractivity contribution in [1.29, 1.82) is 0 Å². The molecule has 1 aliphatic rings. The number of phenols is 1. The quantitative estimate of drug-likeness (QED) is 0.568. The van der Waals surface area contributed by atoms with Crippen LogP contribution in [0.2, 0.25) is 0 Å². The van der Waals surface area contributed by atoms with E-state index < -0.39 is 6.10 Å². The first-order chi connectivity index (χ1) is 13.1. The van der Waals surface area contributed by atoms with Gasteiger partial charge in [0.25, 0.3) is 0 Å². The van der Waals surface area contributed by atoms with Crippen LogP contribution in [0.5, 0.6) is 11.5 Å². The van der Waals surface area contributed by atoms with Gasteiger partial charge in [0.05, 0.1) is 32.0 Å². The Hall–Kier alpha value is -2.12. The molecule has 2 aromatic carbocycles. The highest BCUT2D eigenvalue weighted by atomic mass is 16.5. The number of ether oxygens (including phenoxy) is 2. The van der Waals surface area contributed by atoms with E-state index in [2.05, 4.69) is 5.32 Å². The highest BCUT2D eigenvalue weighted by Crippen LogP contribution is 2.33. The van der Waals surface area contributed by atoms with Crippen molar-refractivity contribution in [2.24, 2.45) is 0 Å². The van der Waals surface area contributed by atoms with E-state index in [9.17, 15) is 15.3 Å². The molecule has 0 amide bonds. The van der Waals surface area contributed by atoms with Crippen LogP contribution < -0.4 is 10.1 Å². The van der Waals surface area contributed by atoms with Crippen LogP contribution in [-0.2, 0) is 11.3 Å². The average Bonchev–Trinajstić information content (AvgIpc) is 3.16. The van der Waals surface area contributed by atoms with Crippen LogP contribution in [-0.4, -0.2) is 41.6 Å². The van der Waals surface area contributed by atoms with Crippen LogP contribution in [0.1, 0.15) is 41.7 Å². The van der Waals surface area contributed by atoms with E-state index >= 15 is 0 Å². The smallest absolute Gasteiger partial charge is 0.118 e. The van der Waals surface area contributed by atoms with Crippen LogP contribution in [0.15, 0.2) is 42.5 Å². The maximum Gasteiger partial charge on any atom is 0.118 e. The molecule has 6 nitrogen and oxygen atoms in total. The third kappa shape index (κ3) is 4.99. The monoisotopic (exact) mass is 373 g/mol. The maximum absolute atomic E-state index is 10.4. The molecule has 3 rings (SSSR count). The molecule has 4 N–H and O–H groups in total. The number of hydrogen-bond acceptors (Lipinski definition) is 6. The fourth-order valence-corrected chi connectivity index (χ4v) is 3.46. The number of methoxy groups -OCH3 is 1. The predicted molar refractivity (Wildman–Crippen MR) is 102 cm³/mol. The van der Waals surface area contributed by atoms with Gasteiger partial charge in [0, 0.05) is 13.1 Å². The minimum atomic E-state index is -0.758. The summed E-state index contributed by atoms with van der Waals surface area (Å²) in [5.41, 5.74) is 2.29. The lowest BCUT2D eigenvalue weighted by Gasteiger charge is -2.18. The number of rotatable bonds is 8. The molecular formula is C21H27NO5. The fourth-order valence-electron chi connectivity index (χ4n) is 3.46. The Labute approximate surface area is 159 Å². The van der Waals surface area contributed by atoms with E-state index in [0.717, 1.165) is 24.2 Å². The summed E-state index contributed by atoms with van der Waals surface area (Å²) in [6.45, 7) is 0.775. The Kier molecular flexibility index (Phi) is 6.68. The summed E-state index contributed by atoms with van der Waals surface area (Å²) in [5, 5.41) is 32.5. The van der Waals surface area contributed by atoms with Gasteiger partial charge < -0.3 is 30.1 Å². The van der Waals surface area contributed by atoms with E-state index in [0.29, 0.717) is 24.2 Å². The summed E-state index contributed by atoms with van der Waals surface area (Å²) in [7, 11) is 1.65. The third-order valence-electron chi connectivity index (χ3n) is 4.96. The summed E-state index contributed by atoms with van der Waals surface area (Å²) in [4.78, 5) is 0. The largest absolute Gasteiger partial charge is 0.508 e. The summed E-state index contributed by atoms with van der Waals surface area (Å²) >= 11 is 0. The second-order valence-electron chi connectivity index (χ2n) is 6.81. The molecule has 3 unspecified atom stereocenters. The summed E-state index contributed by atoms with van der Waals surface area (Å²) in [6.07, 6.45) is 1.35. The molecule has 27 heavy (non-hydrogen) atoms. The molecule has 2 aromatic rings. The van der Waals surface area contributed by atoms with Gasteiger partial charge in [-0.3, -0.25) is 0 Å². The van der Waals surface area contributed by atoms with Gasteiger partial charge in [-0.25, -0.2) is 0 Å². The summed E-state index contributed by atoms with van der Waals surface area (Å²) in [6, 6.07) is 12.6. The van der Waals surface area contributed by atoms with Crippen molar-refractivity contribution in [3.05, 3.63) is 59.2 Å². The lowest BCUT2D eigenvalue weighted by atomic mass is 10.0. The zero-order valence-electron chi connectivity index (χ0n) is 15.5. The topological polar surface area (TPSA) is 91.2 Å². The first-order valence-corrected chi connectivity index (χ1v) is 9.21. The number of hydrogen-bond donors (Lipinski definition) is 4. The Morgan fingerprint density at radius 2 is 1.96 bits per heavy atom. The van der Waals surface area contributed by atoms with Crippen molar-refractivity contribution < 1.29 is 24.8 Å². The zero-order valence-corrected chi connectivity index (χ0v) is 15.5. The van der Waals surface area contributed by atoms with Crippen molar-refractivity contribution in [2.75, 3.05) is 20.2 Å². The van der Waals surface area contributed by atoms with Crippen molar-refractivity contribution >= 4 is 0 Å². The number of aromatic hydroxyl groups is 1. The molecule has 0 saturated carbocycles. The van der Waals surface area contributed by atoms with Crippen molar-refractivity contribution in [3.8, 4) is 11.5 Å². The van der Waals surface area contributed by atoms with Gasteiger partial charge in [-0.2, -0.15) is 0 Å². The van der Waals surface area contributed by atoms with Crippen LogP contribution in [0.3, 0.4) is 0 Å². The van der Waals surface area contributed by atoms with Crippen LogP contribution in [0.4, 0.5) is 0 Å². The lowest BCUT2D eigenvalue weighted by Crippen LogP contribution is -2.30. The van der Waals surface area contributed by atoms with Crippen LogP contribution in [0, 0.1) is 0 Å². The molecule has 0 spiro atoms. The van der Waals surface area contributed by atoms with E-state index in [1.165, 1.54) is 12.1 Å². The molecular weight excluding hydrogens is 346 g/mol. The normalized spacial score (nSPS) is 20.6. The molecule has 0 aliphatic carbocycles. The average molecular weight is 373 g/mol. The second-order valence-corrected chi connectivity index (χ2v) is 6.81. The Bertz CT molecular complexity index is 734. The molecule has 146 valence electrons. The number of aliphatic hydroxyl groups is 2. The summed E-state index contributed by atoms with van der Waals surface area (Å²) < 4.78 is 11.3. The van der Waals surface area contributed by atoms with Crippen molar-refractivity contribution in [1.82, 2.24) is 5.32 Å². The lowest BCUT2D eigenvalue weighted by molar-refractivity contribution is 0.0427. The van der Waals surface area contributed by atoms with E-state index in [1.807, 2.05) is 24.3 Å². The molecule has 0 bridgehead atoms. The van der Waals surface area contributed by atoms with Crippen LogP contribution >= 0.6 is 0 Å². The molecule has 0 aromatic heterocycles. The highest BCUT2D eigenvalue weighted by molar-refractivity contribution is 5.36. The molecule has 6 heteroatoms. The van der Waals surface area contributed by atoms with Gasteiger partial charge in [0.15, 0.2) is 0 Å². The Balaban J connectivity index is 1.47. The molecule has 1 saturated heterocycles. The van der Waals surface area contributed by atoms with Gasteiger partial charge in [0.1, 0.15) is 11.5 Å². The zero-order chi connectivity index (χ0) is 19.2. The number of nitrogens with one attached hydrogen (secondary N) is 1. The minimum Gasteiger partial charge on any atom is -0.508 e. The minimum absolute atomic E-state index is 0.0758. The van der Waals surface area contributed by atoms with Gasteiger partial charge in [-0.15, -0.1) is 0 Å². The maximum atomic E-state index is 10.4. The standard InChI is InChI=1S/C21H27NO5/c1-26-17-5-2-14(3-6-17)21-9-7-18(27-21)11-22-12-20(25)19-8-4-16(24)10-15(19)13-23/h2-6,8,10,18,20-25H,7,9,11-13H2,1H3. The van der Waals surface area contributed by atoms with Gasteiger partial charge in [0.2, 0.25) is 0 Å². The molecule has 3 atom stereocenters. The third-order valence-corrected chi connectivity index (χ3v) is 4.96. The molecule has 1 aliphatic heterocycles. The highest BCUT2D eigenvalue weighted by Gasteiger charge is 2.26. The molecule has 1 heterocycles. The number of aliphatic hydroxyl groups excluding tert-OH is 2. The first kappa shape index (κ1) is 19.6. The van der Waals surface area contributed by atoms with Gasteiger partial charge in [-0.05, 0) is 53.8 Å². The Morgan fingerprint density at radius 3 is 2.67 bits per heavy atom. The molecule has 1 fully saturated rings. The number of benzene rings is 2. The SMILES string of the molecule is COc1ccc(C2CCC(CNCC(O)c3ccc(O)cc3CO)O2)cc1. The summed E-state index contributed by atoms with van der Waals surface area (Å²) in [5.74, 6) is 0.910. The fraction of sp³-hybridized carbons (Fsp3) is 0.429. The Morgan fingerprint density at radius 1 is 1.19 bits per heavy atom. The number of phenolic OH excluding ortho intramolecular Hbond substituents is 1. The van der Waals surface area contributed by atoms with Crippen molar-refractivity contribution in [3.63, 3.8) is 0 Å². The van der Waals surface area contributed by atoms with E-state index in [4.69, 9.17) is 9.47 Å². The predicted octanol–water partition coefficient (Wildman–Crippen LogP) is 2.44. The van der Waals surface area contributed by atoms with Gasteiger partial charge in [-0.1, -0.05) is 18.2 Å². The van der Waals surface area contributed by atoms with Gasteiger partial charge >= 0.3 is 0 Å². The second kappa shape index (κ2) is 9.19. The van der Waals surface area contributed by atoms with Crippen molar-refractivity contribution in [2.45, 2.75) is 37.8 Å². The van der Waals surface area contributed by atoms with E-state index in [1.54, 1.807) is 13.2 Å². The molecule has 0 radical (unpaired) electrons.